The second-order valence-electron chi connectivity index (χ2n) is 4.32. The van der Waals surface area contributed by atoms with Crippen LogP contribution in [0.4, 0.5) is 5.69 Å². The molecule has 2 N–H and O–H groups in total. The van der Waals surface area contributed by atoms with Gasteiger partial charge in [-0.2, -0.15) is 0 Å². The zero-order chi connectivity index (χ0) is 15.2. The fraction of sp³-hybridized carbons (Fsp3) is 0.133. The monoisotopic (exact) mass is 342 g/mol. The number of anilines is 1. The van der Waals surface area contributed by atoms with E-state index in [0.717, 1.165) is 5.56 Å². The highest BCUT2D eigenvalue weighted by molar-refractivity contribution is 6.39. The molecule has 2 aromatic rings. The highest BCUT2D eigenvalue weighted by atomic mass is 35.5. The topological polar surface area (TPSA) is 41.1 Å². The third kappa shape index (κ3) is 4.53. The van der Waals surface area contributed by atoms with E-state index < -0.39 is 0 Å². The lowest BCUT2D eigenvalue weighted by atomic mass is 10.2. The van der Waals surface area contributed by atoms with Crippen LogP contribution < -0.4 is 10.6 Å². The molecular formula is C15H13Cl3N2O. The summed E-state index contributed by atoms with van der Waals surface area (Å²) in [5.74, 6) is -0.175. The predicted molar refractivity (Wildman–Crippen MR) is 88.3 cm³/mol. The SMILES string of the molecule is O=C(CNc1c(Cl)cccc1Cl)NCc1ccccc1Cl. The number of hydrogen-bond acceptors (Lipinski definition) is 2. The Morgan fingerprint density at radius 1 is 0.905 bits per heavy atom. The van der Waals surface area contributed by atoms with E-state index in [-0.39, 0.29) is 12.5 Å². The van der Waals surface area contributed by atoms with Crippen LogP contribution in [-0.2, 0) is 11.3 Å². The van der Waals surface area contributed by atoms with E-state index >= 15 is 0 Å². The molecule has 0 heterocycles. The van der Waals surface area contributed by atoms with Crippen molar-refractivity contribution in [2.75, 3.05) is 11.9 Å². The summed E-state index contributed by atoms with van der Waals surface area (Å²) in [4.78, 5) is 11.8. The van der Waals surface area contributed by atoms with Gasteiger partial charge in [0.05, 0.1) is 22.3 Å². The highest BCUT2D eigenvalue weighted by Gasteiger charge is 2.08. The highest BCUT2D eigenvalue weighted by Crippen LogP contribution is 2.29. The number of benzene rings is 2. The van der Waals surface area contributed by atoms with Crippen LogP contribution in [0.5, 0.6) is 0 Å². The number of carbonyl (C=O) groups is 1. The third-order valence-corrected chi connectivity index (χ3v) is 3.82. The summed E-state index contributed by atoms with van der Waals surface area (Å²) in [6.07, 6.45) is 0. The van der Waals surface area contributed by atoms with E-state index in [0.29, 0.717) is 27.3 Å². The van der Waals surface area contributed by atoms with Gasteiger partial charge in [-0.3, -0.25) is 4.79 Å². The molecular weight excluding hydrogens is 331 g/mol. The molecule has 2 aromatic carbocycles. The molecule has 0 aliphatic carbocycles. The number of amides is 1. The van der Waals surface area contributed by atoms with Gasteiger partial charge in [-0.1, -0.05) is 59.1 Å². The molecule has 0 saturated carbocycles. The number of carbonyl (C=O) groups excluding carboxylic acids is 1. The minimum absolute atomic E-state index is 0.0773. The third-order valence-electron chi connectivity index (χ3n) is 2.82. The summed E-state index contributed by atoms with van der Waals surface area (Å²) >= 11 is 18.0. The number of rotatable bonds is 5. The van der Waals surface area contributed by atoms with Crippen molar-refractivity contribution in [1.82, 2.24) is 5.32 Å². The maximum Gasteiger partial charge on any atom is 0.239 e. The van der Waals surface area contributed by atoms with Crippen LogP contribution >= 0.6 is 34.8 Å². The van der Waals surface area contributed by atoms with E-state index in [2.05, 4.69) is 10.6 Å². The Bertz CT molecular complexity index is 626. The lowest BCUT2D eigenvalue weighted by Crippen LogP contribution is -2.29. The molecule has 0 unspecified atom stereocenters. The van der Waals surface area contributed by atoms with Gasteiger partial charge in [-0.15, -0.1) is 0 Å². The molecule has 0 saturated heterocycles. The molecule has 0 aromatic heterocycles. The zero-order valence-electron chi connectivity index (χ0n) is 11.0. The summed E-state index contributed by atoms with van der Waals surface area (Å²) in [6.45, 7) is 0.449. The van der Waals surface area contributed by atoms with Crippen LogP contribution in [0, 0.1) is 0 Å². The van der Waals surface area contributed by atoms with E-state index in [1.165, 1.54) is 0 Å². The van der Waals surface area contributed by atoms with Gasteiger partial charge < -0.3 is 10.6 Å². The molecule has 2 rings (SSSR count). The van der Waals surface area contributed by atoms with Gasteiger partial charge in [-0.05, 0) is 23.8 Å². The second kappa shape index (κ2) is 7.55. The van der Waals surface area contributed by atoms with Gasteiger partial charge in [0.15, 0.2) is 0 Å². The van der Waals surface area contributed by atoms with Gasteiger partial charge in [0.25, 0.3) is 0 Å². The van der Waals surface area contributed by atoms with Crippen molar-refractivity contribution >= 4 is 46.4 Å². The van der Waals surface area contributed by atoms with Crippen molar-refractivity contribution in [1.29, 1.82) is 0 Å². The van der Waals surface area contributed by atoms with Crippen molar-refractivity contribution in [3.63, 3.8) is 0 Å². The molecule has 6 heteroatoms. The van der Waals surface area contributed by atoms with Crippen molar-refractivity contribution in [3.05, 3.63) is 63.1 Å². The fourth-order valence-corrected chi connectivity index (χ4v) is 2.47. The van der Waals surface area contributed by atoms with Crippen LogP contribution in [0.15, 0.2) is 42.5 Å². The molecule has 0 fully saturated rings. The average molecular weight is 344 g/mol. The Labute approximate surface area is 138 Å². The van der Waals surface area contributed by atoms with Crippen LogP contribution in [0.3, 0.4) is 0 Å². The summed E-state index contributed by atoms with van der Waals surface area (Å²) in [6, 6.07) is 12.5. The Morgan fingerprint density at radius 2 is 1.52 bits per heavy atom. The molecule has 1 amide bonds. The second-order valence-corrected chi connectivity index (χ2v) is 5.54. The smallest absolute Gasteiger partial charge is 0.239 e. The molecule has 0 radical (unpaired) electrons. The van der Waals surface area contributed by atoms with E-state index in [9.17, 15) is 4.79 Å². The average Bonchev–Trinajstić information content (AvgIpc) is 2.46. The van der Waals surface area contributed by atoms with Gasteiger partial charge in [0, 0.05) is 11.6 Å². The Morgan fingerprint density at radius 3 is 2.19 bits per heavy atom. The van der Waals surface area contributed by atoms with E-state index in [1.807, 2.05) is 18.2 Å². The first-order valence-corrected chi connectivity index (χ1v) is 7.39. The van der Waals surface area contributed by atoms with Crippen molar-refractivity contribution in [2.24, 2.45) is 0 Å². The quantitative estimate of drug-likeness (QED) is 0.846. The van der Waals surface area contributed by atoms with E-state index in [1.54, 1.807) is 24.3 Å². The molecule has 0 atom stereocenters. The minimum atomic E-state index is -0.175. The molecule has 0 aliphatic heterocycles. The van der Waals surface area contributed by atoms with Crippen LogP contribution in [0.2, 0.25) is 15.1 Å². The predicted octanol–water partition coefficient (Wildman–Crippen LogP) is 4.38. The summed E-state index contributed by atoms with van der Waals surface area (Å²) in [5, 5.41) is 7.27. The van der Waals surface area contributed by atoms with Crippen LogP contribution in [0.1, 0.15) is 5.56 Å². The Kier molecular flexibility index (Phi) is 5.74. The molecule has 0 bridgehead atoms. The molecule has 3 nitrogen and oxygen atoms in total. The van der Waals surface area contributed by atoms with Gasteiger partial charge in [-0.25, -0.2) is 0 Å². The lowest BCUT2D eigenvalue weighted by molar-refractivity contribution is -0.119. The first-order valence-electron chi connectivity index (χ1n) is 6.26. The minimum Gasteiger partial charge on any atom is -0.374 e. The summed E-state index contributed by atoms with van der Waals surface area (Å²) < 4.78 is 0. The van der Waals surface area contributed by atoms with Gasteiger partial charge in [0.2, 0.25) is 5.91 Å². The number of nitrogens with one attached hydrogen (secondary N) is 2. The van der Waals surface area contributed by atoms with E-state index in [4.69, 9.17) is 34.8 Å². The summed E-state index contributed by atoms with van der Waals surface area (Å²) in [7, 11) is 0. The number of para-hydroxylation sites is 1. The van der Waals surface area contributed by atoms with Gasteiger partial charge in [0.1, 0.15) is 0 Å². The van der Waals surface area contributed by atoms with Crippen LogP contribution in [-0.4, -0.2) is 12.5 Å². The zero-order valence-corrected chi connectivity index (χ0v) is 13.3. The summed E-state index contributed by atoms with van der Waals surface area (Å²) in [5.41, 5.74) is 1.41. The lowest BCUT2D eigenvalue weighted by Gasteiger charge is -2.11. The normalized spacial score (nSPS) is 10.2. The first kappa shape index (κ1) is 16.0. The Balaban J connectivity index is 1.87. The maximum atomic E-state index is 11.8. The van der Waals surface area contributed by atoms with Crippen LogP contribution in [0.25, 0.3) is 0 Å². The molecule has 0 aliphatic rings. The number of hydrogen-bond donors (Lipinski definition) is 2. The molecule has 110 valence electrons. The van der Waals surface area contributed by atoms with Crippen molar-refractivity contribution < 1.29 is 4.79 Å². The molecule has 21 heavy (non-hydrogen) atoms. The molecule has 0 spiro atoms. The number of halogens is 3. The largest absolute Gasteiger partial charge is 0.374 e. The van der Waals surface area contributed by atoms with Crippen molar-refractivity contribution in [2.45, 2.75) is 6.54 Å². The first-order chi connectivity index (χ1) is 10.1. The van der Waals surface area contributed by atoms with Crippen molar-refractivity contribution in [3.8, 4) is 0 Å². The standard InChI is InChI=1S/C15H13Cl3N2O/c16-11-5-2-1-4-10(11)8-19-14(21)9-20-15-12(17)6-3-7-13(15)18/h1-7,20H,8-9H2,(H,19,21). The maximum absolute atomic E-state index is 11.8. The van der Waals surface area contributed by atoms with Gasteiger partial charge >= 0.3 is 0 Å². The fourth-order valence-electron chi connectivity index (χ4n) is 1.73. The Hall–Kier alpha value is -1.42.